The zero-order valence-electron chi connectivity index (χ0n) is 9.36. The van der Waals surface area contributed by atoms with E-state index < -0.39 is 43.1 Å². The maximum absolute atomic E-state index is 12.4. The first-order chi connectivity index (χ1) is 7.97. The molecular formula is C10H17FO6. The molecule has 6 nitrogen and oxygen atoms in total. The maximum atomic E-state index is 12.4. The summed E-state index contributed by atoms with van der Waals surface area (Å²) in [4.78, 5) is 0. The number of aliphatic hydroxyl groups excluding tert-OH is 4. The van der Waals surface area contributed by atoms with E-state index in [4.69, 9.17) is 14.6 Å². The minimum absolute atomic E-state index is 0.148. The molecule has 0 spiro atoms. The van der Waals surface area contributed by atoms with Gasteiger partial charge in [-0.25, -0.2) is 4.39 Å². The maximum Gasteiger partial charge on any atom is 0.187 e. The minimum atomic E-state index is -1.48. The minimum Gasteiger partial charge on any atom is -0.394 e. The van der Waals surface area contributed by atoms with Gasteiger partial charge in [-0.2, -0.15) is 0 Å². The summed E-state index contributed by atoms with van der Waals surface area (Å²) in [5, 5.41) is 37.3. The molecule has 0 saturated carbocycles. The van der Waals surface area contributed by atoms with Gasteiger partial charge in [0.25, 0.3) is 0 Å². The molecule has 0 aromatic rings. The van der Waals surface area contributed by atoms with Crippen LogP contribution in [0.25, 0.3) is 0 Å². The van der Waals surface area contributed by atoms with Crippen molar-refractivity contribution in [2.24, 2.45) is 0 Å². The largest absolute Gasteiger partial charge is 0.394 e. The molecule has 0 amide bonds. The van der Waals surface area contributed by atoms with Gasteiger partial charge in [0.2, 0.25) is 0 Å². The molecule has 0 aromatic heterocycles. The topological polar surface area (TPSA) is 99.4 Å². The van der Waals surface area contributed by atoms with E-state index in [-0.39, 0.29) is 6.61 Å². The quantitative estimate of drug-likeness (QED) is 0.495. The van der Waals surface area contributed by atoms with Gasteiger partial charge in [0.15, 0.2) is 6.29 Å². The van der Waals surface area contributed by atoms with Crippen LogP contribution in [0, 0.1) is 0 Å². The summed E-state index contributed by atoms with van der Waals surface area (Å²) >= 11 is 0. The fraction of sp³-hybridized carbons (Fsp3) is 0.800. The molecule has 0 aromatic carbocycles. The third-order valence-electron chi connectivity index (χ3n) is 2.47. The fourth-order valence-electron chi connectivity index (χ4n) is 1.46. The molecule has 1 rings (SSSR count). The zero-order chi connectivity index (χ0) is 13.0. The Morgan fingerprint density at radius 2 is 1.94 bits per heavy atom. The Hall–Kier alpha value is -0.570. The van der Waals surface area contributed by atoms with Crippen LogP contribution in [-0.2, 0) is 9.47 Å². The van der Waals surface area contributed by atoms with Crippen molar-refractivity contribution in [1.29, 1.82) is 0 Å². The monoisotopic (exact) mass is 252 g/mol. The van der Waals surface area contributed by atoms with Gasteiger partial charge in [-0.3, -0.25) is 0 Å². The van der Waals surface area contributed by atoms with Gasteiger partial charge in [0.05, 0.1) is 19.0 Å². The SMILES string of the molecule is C/C(F)=C\CO[C@@H]1OC(CO)C(O)C(O)C1O. The highest BCUT2D eigenvalue weighted by atomic mass is 19.1. The normalized spacial score (nSPS) is 39.4. The third kappa shape index (κ3) is 3.70. The molecule has 4 N–H and O–H groups in total. The number of hydrogen-bond acceptors (Lipinski definition) is 6. The van der Waals surface area contributed by atoms with Crippen molar-refractivity contribution in [1.82, 2.24) is 0 Å². The summed E-state index contributed by atoms with van der Waals surface area (Å²) < 4.78 is 22.4. The highest BCUT2D eigenvalue weighted by Gasteiger charge is 2.43. The highest BCUT2D eigenvalue weighted by molar-refractivity contribution is 4.90. The number of hydrogen-bond donors (Lipinski definition) is 4. The second-order valence-corrected chi connectivity index (χ2v) is 3.82. The molecule has 100 valence electrons. The molecule has 1 aliphatic heterocycles. The van der Waals surface area contributed by atoms with E-state index in [1.807, 2.05) is 0 Å². The summed E-state index contributed by atoms with van der Waals surface area (Å²) in [5.74, 6) is -0.449. The van der Waals surface area contributed by atoms with Gasteiger partial charge in [-0.1, -0.05) is 0 Å². The first-order valence-corrected chi connectivity index (χ1v) is 5.21. The molecule has 17 heavy (non-hydrogen) atoms. The molecule has 4 unspecified atom stereocenters. The lowest BCUT2D eigenvalue weighted by molar-refractivity contribution is -0.298. The van der Waals surface area contributed by atoms with Crippen molar-refractivity contribution in [2.45, 2.75) is 37.6 Å². The Labute approximate surface area is 97.9 Å². The van der Waals surface area contributed by atoms with E-state index in [1.54, 1.807) is 0 Å². The Bertz CT molecular complexity index is 266. The number of allylic oxidation sites excluding steroid dienone is 1. The lowest BCUT2D eigenvalue weighted by Crippen LogP contribution is -2.59. The molecule has 0 bridgehead atoms. The number of ether oxygens (including phenoxy) is 2. The van der Waals surface area contributed by atoms with Crippen molar-refractivity contribution in [3.63, 3.8) is 0 Å². The van der Waals surface area contributed by atoms with Gasteiger partial charge in [-0.05, 0) is 13.0 Å². The van der Waals surface area contributed by atoms with Crippen LogP contribution in [0.5, 0.6) is 0 Å². The van der Waals surface area contributed by atoms with Crippen molar-refractivity contribution in [3.05, 3.63) is 11.9 Å². The summed E-state index contributed by atoms with van der Waals surface area (Å²) in [5.41, 5.74) is 0. The molecule has 7 heteroatoms. The second kappa shape index (κ2) is 6.39. The van der Waals surface area contributed by atoms with Crippen LogP contribution in [0.2, 0.25) is 0 Å². The summed E-state index contributed by atoms with van der Waals surface area (Å²) in [6.07, 6.45) is -5.48. The Balaban J connectivity index is 2.56. The summed E-state index contributed by atoms with van der Waals surface area (Å²) in [6, 6.07) is 0. The van der Waals surface area contributed by atoms with Gasteiger partial charge >= 0.3 is 0 Å². The lowest BCUT2D eigenvalue weighted by Gasteiger charge is -2.39. The number of aliphatic hydroxyl groups is 4. The molecular weight excluding hydrogens is 235 g/mol. The summed E-state index contributed by atoms with van der Waals surface area (Å²) in [7, 11) is 0. The Morgan fingerprint density at radius 1 is 1.29 bits per heavy atom. The number of rotatable bonds is 4. The highest BCUT2D eigenvalue weighted by Crippen LogP contribution is 2.21. The van der Waals surface area contributed by atoms with Crippen LogP contribution >= 0.6 is 0 Å². The molecule has 1 aliphatic rings. The second-order valence-electron chi connectivity index (χ2n) is 3.82. The Morgan fingerprint density at radius 3 is 2.47 bits per heavy atom. The first-order valence-electron chi connectivity index (χ1n) is 5.21. The van der Waals surface area contributed by atoms with Crippen LogP contribution in [0.3, 0.4) is 0 Å². The van der Waals surface area contributed by atoms with E-state index in [2.05, 4.69) is 0 Å². The number of halogens is 1. The van der Waals surface area contributed by atoms with Crippen molar-refractivity contribution in [2.75, 3.05) is 13.2 Å². The van der Waals surface area contributed by atoms with Crippen LogP contribution in [0.15, 0.2) is 11.9 Å². The van der Waals surface area contributed by atoms with Gasteiger partial charge in [-0.15, -0.1) is 0 Å². The van der Waals surface area contributed by atoms with Crippen LogP contribution in [0.1, 0.15) is 6.92 Å². The third-order valence-corrected chi connectivity index (χ3v) is 2.47. The first kappa shape index (κ1) is 14.5. The predicted octanol–water partition coefficient (Wildman–Crippen LogP) is -1.32. The van der Waals surface area contributed by atoms with Crippen LogP contribution < -0.4 is 0 Å². The van der Waals surface area contributed by atoms with Gasteiger partial charge in [0.1, 0.15) is 24.4 Å². The van der Waals surface area contributed by atoms with Crippen LogP contribution in [0.4, 0.5) is 4.39 Å². The molecule has 1 fully saturated rings. The summed E-state index contributed by atoms with van der Waals surface area (Å²) in [6.45, 7) is 0.560. The predicted molar refractivity (Wildman–Crippen MR) is 54.6 cm³/mol. The molecule has 1 saturated heterocycles. The molecule has 1 heterocycles. The van der Waals surface area contributed by atoms with E-state index in [9.17, 15) is 19.7 Å². The average Bonchev–Trinajstić information content (AvgIpc) is 2.29. The van der Waals surface area contributed by atoms with E-state index in [0.29, 0.717) is 0 Å². The van der Waals surface area contributed by atoms with Gasteiger partial charge < -0.3 is 29.9 Å². The average molecular weight is 252 g/mol. The van der Waals surface area contributed by atoms with E-state index >= 15 is 0 Å². The van der Waals surface area contributed by atoms with E-state index in [1.165, 1.54) is 6.92 Å². The van der Waals surface area contributed by atoms with Crippen molar-refractivity contribution in [3.8, 4) is 0 Å². The van der Waals surface area contributed by atoms with Crippen molar-refractivity contribution < 1.29 is 34.3 Å². The van der Waals surface area contributed by atoms with Crippen molar-refractivity contribution >= 4 is 0 Å². The standard InChI is InChI=1S/C10H17FO6/c1-5(11)2-3-16-10-9(15)8(14)7(13)6(4-12)17-10/h2,6-10,12-15H,3-4H2,1H3/b5-2+/t6?,7?,8?,9?,10-/m1/s1. The lowest BCUT2D eigenvalue weighted by atomic mass is 9.99. The molecule has 0 aliphatic carbocycles. The smallest absolute Gasteiger partial charge is 0.187 e. The zero-order valence-corrected chi connectivity index (χ0v) is 9.36. The van der Waals surface area contributed by atoms with E-state index in [0.717, 1.165) is 6.08 Å². The molecule has 0 radical (unpaired) electrons. The molecule has 5 atom stereocenters. The fourth-order valence-corrected chi connectivity index (χ4v) is 1.46. The van der Waals surface area contributed by atoms with Crippen LogP contribution in [-0.4, -0.2) is 64.3 Å². The van der Waals surface area contributed by atoms with Gasteiger partial charge in [0, 0.05) is 0 Å². The Kier molecular flexibility index (Phi) is 5.44.